The summed E-state index contributed by atoms with van der Waals surface area (Å²) in [6.07, 6.45) is 0. The van der Waals surface area contributed by atoms with Gasteiger partial charge in [-0.3, -0.25) is 4.79 Å². The first-order valence-electron chi connectivity index (χ1n) is 6.29. The number of carbonyl (C=O) groups excluding carboxylic acids is 1. The van der Waals surface area contributed by atoms with Crippen molar-refractivity contribution in [3.63, 3.8) is 0 Å². The summed E-state index contributed by atoms with van der Waals surface area (Å²) in [7, 11) is -2.21. The highest BCUT2D eigenvalue weighted by molar-refractivity contribution is 7.89. The normalized spacial score (nSPS) is 12.9. The predicted molar refractivity (Wildman–Crippen MR) is 77.1 cm³/mol. The van der Waals surface area contributed by atoms with E-state index in [-0.39, 0.29) is 5.75 Å². The molecular weight excluding hydrogens is 296 g/mol. The van der Waals surface area contributed by atoms with Gasteiger partial charge in [-0.05, 0) is 12.5 Å². The van der Waals surface area contributed by atoms with Crippen molar-refractivity contribution in [3.05, 3.63) is 35.9 Å². The maximum atomic E-state index is 11.8. The number of rotatable bonds is 7. The van der Waals surface area contributed by atoms with Crippen LogP contribution in [-0.2, 0) is 19.6 Å². The van der Waals surface area contributed by atoms with E-state index in [0.717, 1.165) is 4.31 Å². The van der Waals surface area contributed by atoms with Gasteiger partial charge < -0.3 is 10.4 Å². The molecule has 2 N–H and O–H groups in total. The Kier molecular flexibility index (Phi) is 5.86. The highest BCUT2D eigenvalue weighted by Crippen LogP contribution is 2.12. The molecule has 0 aliphatic heterocycles. The molecule has 0 aromatic heterocycles. The van der Waals surface area contributed by atoms with Gasteiger partial charge in [0, 0.05) is 7.05 Å². The van der Waals surface area contributed by atoms with Crippen LogP contribution in [-0.4, -0.2) is 49.1 Å². The fourth-order valence-electron chi connectivity index (χ4n) is 1.66. The molecule has 0 saturated heterocycles. The van der Waals surface area contributed by atoms with Gasteiger partial charge in [-0.1, -0.05) is 30.3 Å². The Labute approximate surface area is 123 Å². The van der Waals surface area contributed by atoms with Crippen molar-refractivity contribution in [2.45, 2.75) is 13.0 Å². The van der Waals surface area contributed by atoms with Gasteiger partial charge in [0.15, 0.2) is 6.04 Å². The summed E-state index contributed by atoms with van der Waals surface area (Å²) >= 11 is 0. The van der Waals surface area contributed by atoms with Gasteiger partial charge in [-0.25, -0.2) is 13.2 Å². The third-order valence-corrected chi connectivity index (χ3v) is 4.70. The summed E-state index contributed by atoms with van der Waals surface area (Å²) in [5, 5.41) is 11.5. The third kappa shape index (κ3) is 4.83. The molecule has 1 aromatic carbocycles. The number of nitrogens with zero attached hydrogens (tertiary/aromatic N) is 1. The Morgan fingerprint density at radius 2 is 1.86 bits per heavy atom. The van der Waals surface area contributed by atoms with Crippen LogP contribution in [0.5, 0.6) is 0 Å². The number of aliphatic carboxylic acids is 1. The first-order chi connectivity index (χ1) is 9.77. The van der Waals surface area contributed by atoms with Gasteiger partial charge in [-0.2, -0.15) is 4.31 Å². The zero-order valence-electron chi connectivity index (χ0n) is 11.8. The van der Waals surface area contributed by atoms with Crippen molar-refractivity contribution >= 4 is 21.9 Å². The Bertz CT molecular complexity index is 600. The summed E-state index contributed by atoms with van der Waals surface area (Å²) in [4.78, 5) is 23.1. The first-order valence-corrected chi connectivity index (χ1v) is 7.90. The van der Waals surface area contributed by atoms with E-state index in [1.54, 1.807) is 30.3 Å². The molecule has 0 spiro atoms. The Balaban J connectivity index is 2.78. The molecule has 0 saturated carbocycles. The molecule has 1 atom stereocenters. The summed E-state index contributed by atoms with van der Waals surface area (Å²) in [5.74, 6) is -2.01. The van der Waals surface area contributed by atoms with Crippen molar-refractivity contribution in [1.29, 1.82) is 0 Å². The second kappa shape index (κ2) is 7.19. The van der Waals surface area contributed by atoms with Crippen LogP contribution in [0.15, 0.2) is 30.3 Å². The summed E-state index contributed by atoms with van der Waals surface area (Å²) in [5.41, 5.74) is 0.416. The number of hydrogen-bond donors (Lipinski definition) is 2. The van der Waals surface area contributed by atoms with Crippen LogP contribution in [0.25, 0.3) is 0 Å². The maximum absolute atomic E-state index is 11.8. The Morgan fingerprint density at radius 1 is 1.29 bits per heavy atom. The van der Waals surface area contributed by atoms with E-state index < -0.39 is 34.5 Å². The second-order valence-corrected chi connectivity index (χ2v) is 6.77. The van der Waals surface area contributed by atoms with Crippen molar-refractivity contribution in [2.24, 2.45) is 0 Å². The van der Waals surface area contributed by atoms with Gasteiger partial charge in [0.1, 0.15) is 0 Å². The van der Waals surface area contributed by atoms with E-state index in [1.165, 1.54) is 14.0 Å². The number of amides is 1. The number of sulfonamides is 1. The molecule has 1 aromatic rings. The Hall–Kier alpha value is -1.93. The van der Waals surface area contributed by atoms with Crippen LogP contribution < -0.4 is 5.32 Å². The number of nitrogens with one attached hydrogen (secondary N) is 1. The van der Waals surface area contributed by atoms with Crippen molar-refractivity contribution in [3.8, 4) is 0 Å². The molecule has 0 unspecified atom stereocenters. The predicted octanol–water partition coefficient (Wildman–Crippen LogP) is 0.210. The molecule has 21 heavy (non-hydrogen) atoms. The van der Waals surface area contributed by atoms with E-state index in [1.807, 2.05) is 0 Å². The molecule has 0 heterocycles. The standard InChI is InChI=1S/C13H18N2O5S/c1-3-21(19,20)15(2)9-11(16)14-12(13(17)18)10-7-5-4-6-8-10/h4-8,12H,3,9H2,1-2H3,(H,14,16)(H,17,18)/t12-/m0/s1. The number of carboxylic acid groups (broad SMARTS) is 1. The molecule has 1 amide bonds. The fraction of sp³-hybridized carbons (Fsp3) is 0.385. The molecule has 0 bridgehead atoms. The van der Waals surface area contributed by atoms with Crippen molar-refractivity contribution in [2.75, 3.05) is 19.3 Å². The number of carbonyl (C=O) groups is 2. The average molecular weight is 314 g/mol. The monoisotopic (exact) mass is 314 g/mol. The summed E-state index contributed by atoms with van der Waals surface area (Å²) in [6.45, 7) is 1.04. The van der Waals surface area contributed by atoms with Crippen LogP contribution in [0, 0.1) is 0 Å². The summed E-state index contributed by atoms with van der Waals surface area (Å²) < 4.78 is 24.0. The largest absolute Gasteiger partial charge is 0.479 e. The quantitative estimate of drug-likeness (QED) is 0.749. The molecule has 1 rings (SSSR count). The fourth-order valence-corrected chi connectivity index (χ4v) is 2.42. The minimum absolute atomic E-state index is 0.127. The van der Waals surface area contributed by atoms with Crippen LogP contribution >= 0.6 is 0 Å². The zero-order valence-corrected chi connectivity index (χ0v) is 12.6. The lowest BCUT2D eigenvalue weighted by Gasteiger charge is -2.18. The number of hydrogen-bond acceptors (Lipinski definition) is 4. The van der Waals surface area contributed by atoms with Crippen LogP contribution in [0.1, 0.15) is 18.5 Å². The molecule has 0 radical (unpaired) electrons. The van der Waals surface area contributed by atoms with Crippen molar-refractivity contribution < 1.29 is 23.1 Å². The smallest absolute Gasteiger partial charge is 0.330 e. The highest BCUT2D eigenvalue weighted by Gasteiger charge is 2.24. The SMILES string of the molecule is CCS(=O)(=O)N(C)CC(=O)N[C@H](C(=O)O)c1ccccc1. The lowest BCUT2D eigenvalue weighted by Crippen LogP contribution is -2.42. The van der Waals surface area contributed by atoms with Gasteiger partial charge in [0.05, 0.1) is 12.3 Å². The summed E-state index contributed by atoms with van der Waals surface area (Å²) in [6, 6.07) is 6.98. The lowest BCUT2D eigenvalue weighted by molar-refractivity contribution is -0.142. The van der Waals surface area contributed by atoms with Crippen LogP contribution in [0.4, 0.5) is 0 Å². The minimum Gasteiger partial charge on any atom is -0.479 e. The molecule has 7 nitrogen and oxygen atoms in total. The van der Waals surface area contributed by atoms with E-state index >= 15 is 0 Å². The zero-order chi connectivity index (χ0) is 16.0. The third-order valence-electron chi connectivity index (χ3n) is 2.89. The molecule has 0 aliphatic rings. The Morgan fingerprint density at radius 3 is 2.33 bits per heavy atom. The second-order valence-electron chi connectivity index (χ2n) is 4.41. The van der Waals surface area contributed by atoms with Crippen molar-refractivity contribution in [1.82, 2.24) is 9.62 Å². The maximum Gasteiger partial charge on any atom is 0.330 e. The molecule has 116 valence electrons. The highest BCUT2D eigenvalue weighted by atomic mass is 32.2. The van der Waals surface area contributed by atoms with Crippen LogP contribution in [0.2, 0.25) is 0 Å². The number of benzene rings is 1. The van der Waals surface area contributed by atoms with E-state index in [4.69, 9.17) is 5.11 Å². The molecule has 8 heteroatoms. The van der Waals surface area contributed by atoms with Gasteiger partial charge in [0.2, 0.25) is 15.9 Å². The van der Waals surface area contributed by atoms with E-state index in [2.05, 4.69) is 5.32 Å². The van der Waals surface area contributed by atoms with E-state index in [0.29, 0.717) is 5.56 Å². The average Bonchev–Trinajstić information content (AvgIpc) is 2.45. The molecule has 0 fully saturated rings. The minimum atomic E-state index is -3.49. The van der Waals surface area contributed by atoms with Gasteiger partial charge >= 0.3 is 5.97 Å². The molecule has 0 aliphatic carbocycles. The van der Waals surface area contributed by atoms with Gasteiger partial charge in [0.25, 0.3) is 0 Å². The molecular formula is C13H18N2O5S. The number of likely N-dealkylation sites (N-methyl/N-ethyl adjacent to an activating group) is 1. The topological polar surface area (TPSA) is 104 Å². The van der Waals surface area contributed by atoms with Gasteiger partial charge in [-0.15, -0.1) is 0 Å². The lowest BCUT2D eigenvalue weighted by atomic mass is 10.1. The first kappa shape index (κ1) is 17.1. The van der Waals surface area contributed by atoms with Crippen LogP contribution in [0.3, 0.4) is 0 Å². The van der Waals surface area contributed by atoms with E-state index in [9.17, 15) is 18.0 Å². The number of carboxylic acids is 1.